The molecule has 0 aromatic heterocycles. The molecule has 11 nitrogen and oxygen atoms in total. The number of nitrogen functional groups attached to an aromatic ring is 1. The summed E-state index contributed by atoms with van der Waals surface area (Å²) in [6.45, 7) is 5.35. The molecule has 0 spiro atoms. The van der Waals surface area contributed by atoms with E-state index in [1.165, 1.54) is 0 Å². The minimum absolute atomic E-state index is 0.0753. The van der Waals surface area contributed by atoms with Crippen molar-refractivity contribution < 1.29 is 29.0 Å². The molecule has 4 rings (SSSR count). The van der Waals surface area contributed by atoms with Gasteiger partial charge in [-0.05, 0) is 68.8 Å². The highest BCUT2D eigenvalue weighted by molar-refractivity contribution is 6.01. The van der Waals surface area contributed by atoms with Crippen molar-refractivity contribution >= 4 is 34.8 Å². The lowest BCUT2D eigenvalue weighted by molar-refractivity contribution is -0.116. The van der Waals surface area contributed by atoms with Crippen LogP contribution in [0.3, 0.4) is 0 Å². The fraction of sp³-hybridized carbons (Fsp3) is 0.432. The third kappa shape index (κ3) is 9.95. The molecule has 3 amide bonds. The summed E-state index contributed by atoms with van der Waals surface area (Å²) in [5, 5.41) is 15.8. The summed E-state index contributed by atoms with van der Waals surface area (Å²) < 4.78 is 11.9. The number of amides is 3. The van der Waals surface area contributed by atoms with Crippen molar-refractivity contribution in [1.29, 1.82) is 0 Å². The fourth-order valence-corrected chi connectivity index (χ4v) is 5.76. The largest absolute Gasteiger partial charge is 0.497 e. The van der Waals surface area contributed by atoms with Gasteiger partial charge in [-0.25, -0.2) is 0 Å². The highest BCUT2D eigenvalue weighted by Crippen LogP contribution is 2.35. The molecular weight excluding hydrogens is 610 g/mol. The number of carbonyl (C=O) groups excluding carboxylic acids is 3. The Kier molecular flexibility index (Phi) is 13.2. The Morgan fingerprint density at radius 2 is 1.65 bits per heavy atom. The summed E-state index contributed by atoms with van der Waals surface area (Å²) >= 11 is 0. The molecule has 0 saturated heterocycles. The SMILES string of the molecule is COc1ccc(CN(C)C[C@H]2Oc3c(NC(=O)CCCCCC(=O)Nc4ccccc4N)cccc3C(=O)N([C@H](C)CO)C[C@@H]2C)cc1. The van der Waals surface area contributed by atoms with Gasteiger partial charge >= 0.3 is 0 Å². The van der Waals surface area contributed by atoms with E-state index in [9.17, 15) is 19.5 Å². The van der Waals surface area contributed by atoms with Gasteiger partial charge < -0.3 is 35.8 Å². The Bertz CT molecular complexity index is 1530. The molecule has 11 heteroatoms. The number of aliphatic hydroxyl groups excluding tert-OH is 1. The monoisotopic (exact) mass is 659 g/mol. The summed E-state index contributed by atoms with van der Waals surface area (Å²) in [4.78, 5) is 43.1. The number of fused-ring (bicyclic) bond motifs is 1. The summed E-state index contributed by atoms with van der Waals surface area (Å²) in [6, 6.07) is 19.8. The first-order valence-corrected chi connectivity index (χ1v) is 16.6. The predicted molar refractivity (Wildman–Crippen MR) is 188 cm³/mol. The molecule has 5 N–H and O–H groups in total. The topological polar surface area (TPSA) is 146 Å². The summed E-state index contributed by atoms with van der Waals surface area (Å²) in [6.07, 6.45) is 2.19. The van der Waals surface area contributed by atoms with Crippen molar-refractivity contribution in [1.82, 2.24) is 9.80 Å². The molecule has 0 saturated carbocycles. The molecular formula is C37H49N5O6. The number of ether oxygens (including phenoxy) is 2. The zero-order chi connectivity index (χ0) is 34.6. The molecule has 0 fully saturated rings. The highest BCUT2D eigenvalue weighted by Gasteiger charge is 2.34. The molecule has 0 aliphatic carbocycles. The fourth-order valence-electron chi connectivity index (χ4n) is 5.76. The van der Waals surface area contributed by atoms with E-state index in [2.05, 4.69) is 15.5 Å². The third-order valence-electron chi connectivity index (χ3n) is 8.61. The summed E-state index contributed by atoms with van der Waals surface area (Å²) in [5.74, 6) is 0.473. The number of hydrogen-bond acceptors (Lipinski definition) is 8. The van der Waals surface area contributed by atoms with Crippen LogP contribution in [0.4, 0.5) is 17.1 Å². The molecule has 1 aliphatic rings. The number of rotatable bonds is 15. The van der Waals surface area contributed by atoms with E-state index in [0.29, 0.717) is 73.7 Å². The molecule has 258 valence electrons. The van der Waals surface area contributed by atoms with Gasteiger partial charge in [0.05, 0.1) is 42.4 Å². The number of nitrogens with one attached hydrogen (secondary N) is 2. The van der Waals surface area contributed by atoms with Crippen LogP contribution in [0.2, 0.25) is 0 Å². The van der Waals surface area contributed by atoms with Crippen LogP contribution in [0, 0.1) is 5.92 Å². The number of nitrogens with zero attached hydrogens (tertiary/aromatic N) is 2. The van der Waals surface area contributed by atoms with Crippen molar-refractivity contribution in [2.24, 2.45) is 5.92 Å². The van der Waals surface area contributed by atoms with E-state index in [0.717, 1.165) is 11.3 Å². The molecule has 3 atom stereocenters. The van der Waals surface area contributed by atoms with Crippen LogP contribution in [0.5, 0.6) is 11.5 Å². The number of aliphatic hydroxyl groups is 1. The molecule has 1 heterocycles. The van der Waals surface area contributed by atoms with Gasteiger partial charge in [0.1, 0.15) is 11.9 Å². The lowest BCUT2D eigenvalue weighted by atomic mass is 9.98. The second-order valence-electron chi connectivity index (χ2n) is 12.6. The van der Waals surface area contributed by atoms with E-state index < -0.39 is 6.04 Å². The number of para-hydroxylation sites is 3. The average molecular weight is 660 g/mol. The van der Waals surface area contributed by atoms with Gasteiger partial charge in [-0.1, -0.05) is 43.7 Å². The van der Waals surface area contributed by atoms with E-state index >= 15 is 0 Å². The van der Waals surface area contributed by atoms with Crippen molar-refractivity contribution in [3.63, 3.8) is 0 Å². The molecule has 0 unspecified atom stereocenters. The van der Waals surface area contributed by atoms with Crippen LogP contribution in [-0.4, -0.2) is 78.6 Å². The summed E-state index contributed by atoms with van der Waals surface area (Å²) in [7, 11) is 3.66. The molecule has 0 radical (unpaired) electrons. The standard InChI is InChI=1S/C37H49N5O6/c1-25-21-42(26(2)24-43)37(46)29-11-10-14-32(36(29)48-33(25)23-41(3)22-27-17-19-28(47-4)20-18-27)40-35(45)16-7-5-6-15-34(44)39-31-13-9-8-12-30(31)38/h8-14,17-20,25-26,33,43H,5-7,15-16,21-24,38H2,1-4H3,(H,39,44)(H,40,45)/t25-,26+,33+/m0/s1. The summed E-state index contributed by atoms with van der Waals surface area (Å²) in [5.41, 5.74) is 8.90. The first kappa shape index (κ1) is 36.2. The zero-order valence-corrected chi connectivity index (χ0v) is 28.4. The first-order chi connectivity index (χ1) is 23.1. The van der Waals surface area contributed by atoms with E-state index in [-0.39, 0.29) is 42.8 Å². The Morgan fingerprint density at radius 3 is 2.29 bits per heavy atom. The molecule has 3 aromatic rings. The minimum atomic E-state index is -0.394. The Labute approximate surface area is 283 Å². The molecule has 3 aromatic carbocycles. The number of carbonyl (C=O) groups is 3. The van der Waals surface area contributed by atoms with Crippen molar-refractivity contribution in [2.45, 2.75) is 64.6 Å². The maximum atomic E-state index is 13.8. The Hall–Kier alpha value is -4.61. The van der Waals surface area contributed by atoms with Crippen molar-refractivity contribution in [3.8, 4) is 11.5 Å². The van der Waals surface area contributed by atoms with Crippen LogP contribution in [-0.2, 0) is 16.1 Å². The number of methoxy groups -OCH3 is 1. The van der Waals surface area contributed by atoms with Crippen molar-refractivity contribution in [3.05, 3.63) is 77.9 Å². The van der Waals surface area contributed by atoms with Crippen LogP contribution in [0.25, 0.3) is 0 Å². The first-order valence-electron chi connectivity index (χ1n) is 16.6. The zero-order valence-electron chi connectivity index (χ0n) is 28.4. The van der Waals surface area contributed by atoms with Gasteiger partial charge in [0.2, 0.25) is 11.8 Å². The predicted octanol–water partition coefficient (Wildman–Crippen LogP) is 5.16. The third-order valence-corrected chi connectivity index (χ3v) is 8.61. The quantitative estimate of drug-likeness (QED) is 0.129. The van der Waals surface area contributed by atoms with Gasteiger partial charge in [-0.15, -0.1) is 0 Å². The minimum Gasteiger partial charge on any atom is -0.497 e. The highest BCUT2D eigenvalue weighted by atomic mass is 16.5. The average Bonchev–Trinajstić information content (AvgIpc) is 3.07. The van der Waals surface area contributed by atoms with Gasteiger partial charge in [-0.2, -0.15) is 0 Å². The number of hydrogen-bond donors (Lipinski definition) is 4. The lowest BCUT2D eigenvalue weighted by Crippen LogP contribution is -2.49. The number of unbranched alkanes of at least 4 members (excludes halogenated alkanes) is 2. The normalized spacial score (nSPS) is 16.7. The van der Waals surface area contributed by atoms with Crippen LogP contribution >= 0.6 is 0 Å². The van der Waals surface area contributed by atoms with E-state index in [4.69, 9.17) is 15.2 Å². The number of likely N-dealkylation sites (N-methyl/N-ethyl adjacent to an activating group) is 1. The Balaban J connectivity index is 1.41. The molecule has 0 bridgehead atoms. The Morgan fingerprint density at radius 1 is 1.00 bits per heavy atom. The van der Waals surface area contributed by atoms with Crippen molar-refractivity contribution in [2.75, 3.05) is 50.2 Å². The smallest absolute Gasteiger partial charge is 0.258 e. The van der Waals surface area contributed by atoms with Crippen LogP contribution < -0.4 is 25.8 Å². The van der Waals surface area contributed by atoms with E-state index in [1.807, 2.05) is 57.3 Å². The maximum absolute atomic E-state index is 13.8. The number of nitrogens with two attached hydrogens (primary N) is 1. The number of benzene rings is 3. The maximum Gasteiger partial charge on any atom is 0.258 e. The number of anilines is 3. The van der Waals surface area contributed by atoms with Gasteiger partial charge in [0.25, 0.3) is 5.91 Å². The van der Waals surface area contributed by atoms with Gasteiger partial charge in [0, 0.05) is 38.4 Å². The lowest BCUT2D eigenvalue weighted by Gasteiger charge is -2.38. The second kappa shape index (κ2) is 17.5. The molecule has 1 aliphatic heterocycles. The molecule has 48 heavy (non-hydrogen) atoms. The van der Waals surface area contributed by atoms with E-state index in [1.54, 1.807) is 42.3 Å². The second-order valence-corrected chi connectivity index (χ2v) is 12.6. The van der Waals surface area contributed by atoms with Gasteiger partial charge in [-0.3, -0.25) is 19.3 Å². The van der Waals surface area contributed by atoms with Gasteiger partial charge in [0.15, 0.2) is 5.75 Å². The van der Waals surface area contributed by atoms with Crippen LogP contribution in [0.15, 0.2) is 66.7 Å². The van der Waals surface area contributed by atoms with Crippen LogP contribution in [0.1, 0.15) is 61.9 Å².